The van der Waals surface area contributed by atoms with E-state index >= 15 is 0 Å². The van der Waals surface area contributed by atoms with Crippen molar-refractivity contribution in [1.29, 1.82) is 5.41 Å². The fourth-order valence-electron chi connectivity index (χ4n) is 1.42. The van der Waals surface area contributed by atoms with Gasteiger partial charge in [0.15, 0.2) is 0 Å². The van der Waals surface area contributed by atoms with Crippen molar-refractivity contribution in [3.8, 4) is 0 Å². The Balaban J connectivity index is 2.44. The summed E-state index contributed by atoms with van der Waals surface area (Å²) in [5, 5.41) is 7.59. The summed E-state index contributed by atoms with van der Waals surface area (Å²) in [6.45, 7) is 0.365. The van der Waals surface area contributed by atoms with Gasteiger partial charge in [-0.05, 0) is 6.42 Å². The Hall–Kier alpha value is -0.920. The lowest BCUT2D eigenvalue weighted by atomic mass is 10.2. The van der Waals surface area contributed by atoms with Crippen LogP contribution >= 0.6 is 0 Å². The molecule has 0 aromatic rings. The number of nitrogens with one attached hydrogen (secondary N) is 1. The van der Waals surface area contributed by atoms with Gasteiger partial charge in [0.2, 0.25) is 0 Å². The van der Waals surface area contributed by atoms with E-state index in [1.165, 1.54) is 0 Å². The summed E-state index contributed by atoms with van der Waals surface area (Å²) in [5.41, 5.74) is 5.71. The van der Waals surface area contributed by atoms with Gasteiger partial charge in [-0.1, -0.05) is 12.2 Å². The van der Waals surface area contributed by atoms with Crippen molar-refractivity contribution in [3.63, 3.8) is 0 Å². The highest BCUT2D eigenvalue weighted by Gasteiger charge is 2.18. The first-order valence-corrected chi connectivity index (χ1v) is 6.22. The molecule has 1 rings (SSSR count). The number of hydrogen-bond acceptors (Lipinski definition) is 4. The van der Waals surface area contributed by atoms with Gasteiger partial charge < -0.3 is 10.6 Å². The molecule has 0 aliphatic carbocycles. The largest absolute Gasteiger partial charge is 0.341 e. The van der Waals surface area contributed by atoms with Gasteiger partial charge in [0.05, 0.1) is 11.9 Å². The van der Waals surface area contributed by atoms with Crippen molar-refractivity contribution in [2.75, 3.05) is 12.3 Å². The summed E-state index contributed by atoms with van der Waals surface area (Å²) in [6.07, 6.45) is 3.99. The zero-order valence-electron chi connectivity index (χ0n) is 8.26. The van der Waals surface area contributed by atoms with Crippen LogP contribution in [0.3, 0.4) is 0 Å². The molecule has 1 aliphatic rings. The third-order valence-corrected chi connectivity index (χ3v) is 2.96. The third kappa shape index (κ3) is 3.98. The van der Waals surface area contributed by atoms with Gasteiger partial charge in [0, 0.05) is 13.0 Å². The van der Waals surface area contributed by atoms with Gasteiger partial charge in [-0.25, -0.2) is 0 Å². The number of nitrogens with two attached hydrogens (primary N) is 1. The minimum absolute atomic E-state index is 0.267. The Labute approximate surface area is 89.0 Å². The predicted molar refractivity (Wildman–Crippen MR) is 57.2 cm³/mol. The second-order valence-corrected chi connectivity index (χ2v) is 4.97. The molecule has 6 nitrogen and oxygen atoms in total. The molecule has 0 aromatic heterocycles. The summed E-state index contributed by atoms with van der Waals surface area (Å²) in [4.78, 5) is 1.62. The fourth-order valence-corrected chi connectivity index (χ4v) is 1.92. The lowest BCUT2D eigenvalue weighted by Crippen LogP contribution is -2.46. The van der Waals surface area contributed by atoms with Crippen LogP contribution in [0, 0.1) is 5.41 Å². The molecule has 0 bridgehead atoms. The second kappa shape index (κ2) is 4.73. The first-order chi connectivity index (χ1) is 6.90. The van der Waals surface area contributed by atoms with Gasteiger partial charge in [-0.3, -0.25) is 9.96 Å². The van der Waals surface area contributed by atoms with E-state index in [1.807, 2.05) is 6.08 Å². The van der Waals surface area contributed by atoms with Crippen LogP contribution < -0.4 is 5.73 Å². The van der Waals surface area contributed by atoms with Gasteiger partial charge in [0.1, 0.15) is 5.84 Å². The van der Waals surface area contributed by atoms with E-state index in [9.17, 15) is 8.42 Å². The molecule has 0 amide bonds. The molecule has 0 radical (unpaired) electrons. The van der Waals surface area contributed by atoms with Gasteiger partial charge in [-0.2, -0.15) is 8.42 Å². The average Bonchev–Trinajstić information content (AvgIpc) is 2.08. The molecule has 15 heavy (non-hydrogen) atoms. The minimum Gasteiger partial charge on any atom is -0.341 e. The summed E-state index contributed by atoms with van der Waals surface area (Å²) >= 11 is 0. The fraction of sp³-hybridized carbons (Fsp3) is 0.625. The molecule has 0 spiro atoms. The number of hydrogen-bond donors (Lipinski definition) is 3. The van der Waals surface area contributed by atoms with Crippen molar-refractivity contribution in [2.24, 2.45) is 5.73 Å². The molecule has 0 saturated carbocycles. The highest BCUT2D eigenvalue weighted by Crippen LogP contribution is 2.08. The molecule has 1 atom stereocenters. The van der Waals surface area contributed by atoms with Crippen molar-refractivity contribution in [1.82, 2.24) is 4.90 Å². The molecule has 86 valence electrons. The molecular formula is C8H15N3O3S. The summed E-state index contributed by atoms with van der Waals surface area (Å²) in [6, 6.07) is 0. The van der Waals surface area contributed by atoms with Crippen LogP contribution in [-0.4, -0.2) is 42.2 Å². The highest BCUT2D eigenvalue weighted by atomic mass is 32.2. The van der Waals surface area contributed by atoms with E-state index in [4.69, 9.17) is 15.7 Å². The molecule has 7 heteroatoms. The van der Waals surface area contributed by atoms with Crippen LogP contribution in [0.5, 0.6) is 0 Å². The van der Waals surface area contributed by atoms with Crippen molar-refractivity contribution in [2.45, 2.75) is 19.0 Å². The molecule has 0 aromatic carbocycles. The van der Waals surface area contributed by atoms with E-state index in [-0.39, 0.29) is 18.3 Å². The van der Waals surface area contributed by atoms with Crippen LogP contribution in [0.15, 0.2) is 12.2 Å². The van der Waals surface area contributed by atoms with Crippen molar-refractivity contribution >= 4 is 16.0 Å². The van der Waals surface area contributed by atoms with Crippen LogP contribution in [0.4, 0.5) is 0 Å². The molecule has 0 fully saturated rings. The molecule has 1 heterocycles. The first-order valence-electron chi connectivity index (χ1n) is 4.61. The van der Waals surface area contributed by atoms with E-state index in [0.29, 0.717) is 18.8 Å². The maximum atomic E-state index is 10.5. The lowest BCUT2D eigenvalue weighted by molar-refractivity contribution is 0.349. The zero-order chi connectivity index (χ0) is 11.5. The maximum absolute atomic E-state index is 10.5. The topological polar surface area (TPSA) is 107 Å². The summed E-state index contributed by atoms with van der Waals surface area (Å²) < 4.78 is 29.5. The molecule has 1 aliphatic heterocycles. The monoisotopic (exact) mass is 233 g/mol. The number of nitrogens with zero attached hydrogens (tertiary/aromatic N) is 1. The predicted octanol–water partition coefficient (Wildman–Crippen LogP) is -0.212. The molecule has 4 N–H and O–H groups in total. The normalized spacial score (nSPS) is 22.1. The molecule has 1 unspecified atom stereocenters. The van der Waals surface area contributed by atoms with E-state index in [2.05, 4.69) is 0 Å². The van der Waals surface area contributed by atoms with Gasteiger partial charge in [-0.15, -0.1) is 0 Å². The highest BCUT2D eigenvalue weighted by molar-refractivity contribution is 7.85. The Morgan fingerprint density at radius 1 is 1.67 bits per heavy atom. The third-order valence-electron chi connectivity index (χ3n) is 2.15. The van der Waals surface area contributed by atoms with Crippen LogP contribution in [-0.2, 0) is 10.1 Å². The molecular weight excluding hydrogens is 218 g/mol. The summed E-state index contributed by atoms with van der Waals surface area (Å²) in [7, 11) is -3.92. The van der Waals surface area contributed by atoms with Crippen LogP contribution in [0.25, 0.3) is 0 Å². The van der Waals surface area contributed by atoms with Crippen LogP contribution in [0.2, 0.25) is 0 Å². The lowest BCUT2D eigenvalue weighted by Gasteiger charge is -2.31. The zero-order valence-corrected chi connectivity index (χ0v) is 9.07. The standard InChI is InChI=1S/C8H15N3O3S/c9-7-3-1-4-8(10)11(7)5-2-6-15(12,13)14/h1,3,7,10H,2,4-6,9H2,(H,12,13,14). The minimum atomic E-state index is -3.92. The van der Waals surface area contributed by atoms with Crippen molar-refractivity contribution < 1.29 is 13.0 Å². The molecule has 0 saturated heterocycles. The Bertz CT molecular complexity index is 363. The Morgan fingerprint density at radius 3 is 2.87 bits per heavy atom. The quantitative estimate of drug-likeness (QED) is 0.460. The van der Waals surface area contributed by atoms with E-state index in [0.717, 1.165) is 0 Å². The van der Waals surface area contributed by atoms with E-state index in [1.54, 1.807) is 11.0 Å². The van der Waals surface area contributed by atoms with Gasteiger partial charge in [0.25, 0.3) is 10.1 Å². The first kappa shape index (κ1) is 12.2. The summed E-state index contributed by atoms with van der Waals surface area (Å²) in [5.74, 6) is 0.0769. The maximum Gasteiger partial charge on any atom is 0.264 e. The van der Waals surface area contributed by atoms with E-state index < -0.39 is 10.1 Å². The SMILES string of the molecule is N=C1CC=CC(N)N1CCCS(=O)(=O)O. The smallest absolute Gasteiger partial charge is 0.264 e. The Morgan fingerprint density at radius 2 is 2.33 bits per heavy atom. The number of amidine groups is 1. The second-order valence-electron chi connectivity index (χ2n) is 3.40. The van der Waals surface area contributed by atoms with Gasteiger partial charge >= 0.3 is 0 Å². The number of rotatable bonds is 4. The Kier molecular flexibility index (Phi) is 3.83. The van der Waals surface area contributed by atoms with Crippen molar-refractivity contribution in [3.05, 3.63) is 12.2 Å². The average molecular weight is 233 g/mol. The van der Waals surface area contributed by atoms with Crippen LogP contribution in [0.1, 0.15) is 12.8 Å².